The number of alkyl halides is 3. The standard InChI is InChI=1S/C32H31F4N7O3/c1-4-22(18(2)33)31(3)45-26-7-5-6-21(28(26)46-31)19-8-11-42(12-9-19)17-27-38-23-14-24(29-39-30(41-40-29)32(34,35)36)37-15-25(23)43(27)16-20-10-13-44-20/h4-8,14-15,20H,1,9-13,16-17H2,2-3H3,(H,39,40,41)/b22-18-/t20-,31-/m0/s1. The molecule has 3 aromatic heterocycles. The van der Waals surface area contributed by atoms with E-state index in [1.807, 2.05) is 23.3 Å². The molecule has 0 saturated carbocycles. The van der Waals surface area contributed by atoms with Gasteiger partial charge < -0.3 is 18.8 Å². The number of H-pyrrole nitrogens is 1. The Kier molecular flexibility index (Phi) is 7.43. The zero-order chi connectivity index (χ0) is 32.2. The van der Waals surface area contributed by atoms with Crippen molar-refractivity contribution < 1.29 is 31.8 Å². The Morgan fingerprint density at radius 3 is 2.72 bits per heavy atom. The van der Waals surface area contributed by atoms with Gasteiger partial charge in [0.25, 0.3) is 5.79 Å². The molecule has 240 valence electrons. The Bertz CT molecular complexity index is 1890. The summed E-state index contributed by atoms with van der Waals surface area (Å²) in [5.41, 5.74) is 3.76. The lowest BCUT2D eigenvalue weighted by Crippen LogP contribution is -2.37. The molecule has 10 nitrogen and oxygen atoms in total. The van der Waals surface area contributed by atoms with Crippen molar-refractivity contribution in [1.29, 1.82) is 0 Å². The Morgan fingerprint density at radius 2 is 2.07 bits per heavy atom. The molecule has 3 aliphatic heterocycles. The normalized spacial score (nSPS) is 22.0. The van der Waals surface area contributed by atoms with E-state index >= 15 is 0 Å². The summed E-state index contributed by atoms with van der Waals surface area (Å²) < 4.78 is 73.5. The molecule has 46 heavy (non-hydrogen) atoms. The van der Waals surface area contributed by atoms with Gasteiger partial charge in [0.05, 0.1) is 42.0 Å². The van der Waals surface area contributed by atoms with Gasteiger partial charge in [-0.3, -0.25) is 15.0 Å². The average molecular weight is 638 g/mol. The molecule has 0 amide bonds. The zero-order valence-corrected chi connectivity index (χ0v) is 25.2. The maximum absolute atomic E-state index is 14.3. The van der Waals surface area contributed by atoms with Crippen molar-refractivity contribution in [1.82, 2.24) is 34.6 Å². The largest absolute Gasteiger partial charge is 0.451 e. The molecule has 1 fully saturated rings. The Balaban J connectivity index is 1.13. The number of pyridine rings is 1. The van der Waals surface area contributed by atoms with Crippen molar-refractivity contribution in [3.63, 3.8) is 0 Å². The van der Waals surface area contributed by atoms with Crippen LogP contribution in [0.5, 0.6) is 11.5 Å². The fraction of sp³-hybridized carbons (Fsp3) is 0.375. The minimum absolute atomic E-state index is 0.0525. The highest BCUT2D eigenvalue weighted by molar-refractivity contribution is 5.79. The van der Waals surface area contributed by atoms with Gasteiger partial charge in [0.2, 0.25) is 5.82 Å². The second-order valence-corrected chi connectivity index (χ2v) is 11.6. The summed E-state index contributed by atoms with van der Waals surface area (Å²) in [6, 6.07) is 7.29. The van der Waals surface area contributed by atoms with Gasteiger partial charge in [-0.15, -0.1) is 0 Å². The topological polar surface area (TPSA) is 103 Å². The van der Waals surface area contributed by atoms with Crippen LogP contribution in [0.15, 0.2) is 60.6 Å². The number of nitrogens with zero attached hydrogens (tertiary/aromatic N) is 6. The average Bonchev–Trinajstić information content (AvgIpc) is 3.70. The number of imidazole rings is 1. The van der Waals surface area contributed by atoms with E-state index < -0.39 is 23.6 Å². The van der Waals surface area contributed by atoms with Gasteiger partial charge in [0.15, 0.2) is 17.3 Å². The molecule has 7 rings (SSSR count). The molecule has 1 N–H and O–H groups in total. The molecule has 2 atom stereocenters. The highest BCUT2D eigenvalue weighted by atomic mass is 19.4. The number of aromatic amines is 1. The number of halogens is 4. The van der Waals surface area contributed by atoms with Crippen LogP contribution in [0.3, 0.4) is 0 Å². The van der Waals surface area contributed by atoms with E-state index in [0.29, 0.717) is 43.3 Å². The summed E-state index contributed by atoms with van der Waals surface area (Å²) in [7, 11) is 0. The van der Waals surface area contributed by atoms with Crippen molar-refractivity contribution in [2.75, 3.05) is 19.7 Å². The van der Waals surface area contributed by atoms with Crippen molar-refractivity contribution in [3.05, 3.63) is 77.8 Å². The van der Waals surface area contributed by atoms with E-state index in [0.717, 1.165) is 41.9 Å². The van der Waals surface area contributed by atoms with E-state index in [1.54, 1.807) is 19.2 Å². The molecule has 0 radical (unpaired) electrons. The first kappa shape index (κ1) is 30.1. The highest BCUT2D eigenvalue weighted by Gasteiger charge is 2.42. The third kappa shape index (κ3) is 5.45. The minimum atomic E-state index is -4.64. The van der Waals surface area contributed by atoms with E-state index in [1.165, 1.54) is 13.0 Å². The molecule has 0 bridgehead atoms. The molecule has 6 heterocycles. The predicted molar refractivity (Wildman–Crippen MR) is 160 cm³/mol. The lowest BCUT2D eigenvalue weighted by atomic mass is 9.98. The number of benzene rings is 1. The monoisotopic (exact) mass is 637 g/mol. The number of hydrogen-bond donors (Lipinski definition) is 1. The van der Waals surface area contributed by atoms with Crippen LogP contribution in [-0.4, -0.2) is 66.2 Å². The molecule has 0 aliphatic carbocycles. The first-order valence-corrected chi connectivity index (χ1v) is 14.9. The number of allylic oxidation sites excluding steroid dienone is 1. The Hall–Kier alpha value is -4.56. The maximum atomic E-state index is 14.3. The van der Waals surface area contributed by atoms with Crippen molar-refractivity contribution in [2.24, 2.45) is 0 Å². The first-order valence-electron chi connectivity index (χ1n) is 14.9. The van der Waals surface area contributed by atoms with Gasteiger partial charge in [-0.25, -0.2) is 14.4 Å². The summed E-state index contributed by atoms with van der Waals surface area (Å²) in [6.07, 6.45) is 2.23. The summed E-state index contributed by atoms with van der Waals surface area (Å²) in [5.74, 6) is -1.16. The minimum Gasteiger partial charge on any atom is -0.444 e. The number of para-hydroxylation sites is 1. The third-order valence-electron chi connectivity index (χ3n) is 8.53. The summed E-state index contributed by atoms with van der Waals surface area (Å²) in [5, 5.41) is 5.64. The molecule has 3 aliphatic rings. The SMILES string of the molecule is C=C/C(=C(\C)F)[C@@]1(C)Oc2cccc(C3=CCN(Cc4nc5cc(-c6n[nH]c(C(F)(F)F)n6)ncc5n4C[C@@H]4CCO4)CC3)c2O1. The van der Waals surface area contributed by atoms with E-state index in [4.69, 9.17) is 19.2 Å². The van der Waals surface area contributed by atoms with Crippen LogP contribution in [0, 0.1) is 0 Å². The van der Waals surface area contributed by atoms with Gasteiger partial charge in [0, 0.05) is 32.2 Å². The maximum Gasteiger partial charge on any atom is 0.451 e. The molecular weight excluding hydrogens is 606 g/mol. The van der Waals surface area contributed by atoms with Crippen molar-refractivity contribution >= 4 is 16.6 Å². The second-order valence-electron chi connectivity index (χ2n) is 11.6. The highest BCUT2D eigenvalue weighted by Crippen LogP contribution is 2.48. The third-order valence-corrected chi connectivity index (χ3v) is 8.53. The van der Waals surface area contributed by atoms with Gasteiger partial charge in [-0.2, -0.15) is 18.3 Å². The van der Waals surface area contributed by atoms with Crippen LogP contribution in [0.1, 0.15) is 43.9 Å². The Labute approximate surface area is 261 Å². The number of nitrogens with one attached hydrogen (secondary N) is 1. The quantitative estimate of drug-likeness (QED) is 0.179. The number of hydrogen-bond acceptors (Lipinski definition) is 8. The molecule has 14 heteroatoms. The van der Waals surface area contributed by atoms with Crippen LogP contribution in [0.4, 0.5) is 17.6 Å². The summed E-state index contributed by atoms with van der Waals surface area (Å²) >= 11 is 0. The summed E-state index contributed by atoms with van der Waals surface area (Å²) in [6.45, 7) is 9.96. The lowest BCUT2D eigenvalue weighted by Gasteiger charge is -2.29. The van der Waals surface area contributed by atoms with Crippen LogP contribution in [0.2, 0.25) is 0 Å². The lowest BCUT2D eigenvalue weighted by molar-refractivity contribution is -0.144. The zero-order valence-electron chi connectivity index (χ0n) is 25.2. The summed E-state index contributed by atoms with van der Waals surface area (Å²) in [4.78, 5) is 15.1. The van der Waals surface area contributed by atoms with Gasteiger partial charge in [-0.05, 0) is 37.5 Å². The van der Waals surface area contributed by atoms with E-state index in [-0.39, 0.29) is 23.2 Å². The van der Waals surface area contributed by atoms with Gasteiger partial charge in [-0.1, -0.05) is 30.9 Å². The molecule has 4 aromatic rings. The number of ether oxygens (including phenoxy) is 3. The number of fused-ring (bicyclic) bond motifs is 2. The fourth-order valence-electron chi connectivity index (χ4n) is 6.08. The molecule has 1 aromatic carbocycles. The smallest absolute Gasteiger partial charge is 0.444 e. The molecule has 0 spiro atoms. The second kappa shape index (κ2) is 11.4. The number of rotatable bonds is 8. The van der Waals surface area contributed by atoms with Crippen LogP contribution in [-0.2, 0) is 24.0 Å². The molecule has 1 saturated heterocycles. The van der Waals surface area contributed by atoms with E-state index in [9.17, 15) is 17.6 Å². The predicted octanol–water partition coefficient (Wildman–Crippen LogP) is 6.23. The van der Waals surface area contributed by atoms with Crippen molar-refractivity contribution in [3.8, 4) is 23.0 Å². The van der Waals surface area contributed by atoms with Crippen molar-refractivity contribution in [2.45, 2.75) is 57.8 Å². The first-order chi connectivity index (χ1) is 22.0. The van der Waals surface area contributed by atoms with Crippen LogP contribution >= 0.6 is 0 Å². The Morgan fingerprint density at radius 1 is 1.24 bits per heavy atom. The molecule has 0 unspecified atom stereocenters. The van der Waals surface area contributed by atoms with Crippen LogP contribution in [0.25, 0.3) is 28.1 Å². The van der Waals surface area contributed by atoms with Gasteiger partial charge >= 0.3 is 6.18 Å². The number of aromatic nitrogens is 6. The van der Waals surface area contributed by atoms with Crippen LogP contribution < -0.4 is 9.47 Å². The fourth-order valence-corrected chi connectivity index (χ4v) is 6.08. The van der Waals surface area contributed by atoms with Gasteiger partial charge in [0.1, 0.15) is 17.3 Å². The van der Waals surface area contributed by atoms with E-state index in [2.05, 4.69) is 37.2 Å². The molecular formula is C32H31F4N7O3.